The number of benzene rings is 2. The van der Waals surface area contributed by atoms with Crippen LogP contribution in [-0.4, -0.2) is 30.4 Å². The Labute approximate surface area is 154 Å². The molecule has 2 saturated heterocycles. The number of nitrogens with one attached hydrogen (secondary N) is 1. The Balaban J connectivity index is 1.50. The summed E-state index contributed by atoms with van der Waals surface area (Å²) in [4.78, 5) is 14.6. The summed E-state index contributed by atoms with van der Waals surface area (Å²) < 4.78 is 13.3. The highest BCUT2D eigenvalue weighted by molar-refractivity contribution is 5.78. The van der Waals surface area contributed by atoms with Gasteiger partial charge in [0.25, 0.3) is 0 Å². The fraction of sp³-hybridized carbons (Fsp3) is 0.409. The van der Waals surface area contributed by atoms with Crippen molar-refractivity contribution >= 4 is 5.91 Å². The van der Waals surface area contributed by atoms with E-state index in [9.17, 15) is 9.18 Å². The Morgan fingerprint density at radius 1 is 1.04 bits per heavy atom. The first-order chi connectivity index (χ1) is 12.6. The van der Waals surface area contributed by atoms with E-state index in [1.165, 1.54) is 17.7 Å². The zero-order valence-corrected chi connectivity index (χ0v) is 15.0. The summed E-state index contributed by atoms with van der Waals surface area (Å²) in [6.07, 6.45) is 2.60. The largest absolute Gasteiger partial charge is 0.355 e. The highest BCUT2D eigenvalue weighted by atomic mass is 19.1. The second kappa shape index (κ2) is 7.20. The van der Waals surface area contributed by atoms with Crippen molar-refractivity contribution in [3.63, 3.8) is 0 Å². The van der Waals surface area contributed by atoms with Gasteiger partial charge in [0.15, 0.2) is 0 Å². The molecule has 4 rings (SSSR count). The molecule has 0 bridgehead atoms. The number of likely N-dealkylation sites (tertiary alicyclic amines) is 1. The van der Waals surface area contributed by atoms with E-state index in [0.29, 0.717) is 13.0 Å². The SMILES string of the molecule is O=C1CC2(CCN(Cc3ccccc3)CC2)[C@H](c2ccc(F)cc2)CN1. The van der Waals surface area contributed by atoms with E-state index in [1.807, 2.05) is 18.2 Å². The fourth-order valence-electron chi connectivity index (χ4n) is 4.63. The van der Waals surface area contributed by atoms with E-state index >= 15 is 0 Å². The van der Waals surface area contributed by atoms with Crippen molar-refractivity contribution in [3.8, 4) is 0 Å². The van der Waals surface area contributed by atoms with Crippen LogP contribution in [0.25, 0.3) is 0 Å². The van der Waals surface area contributed by atoms with Gasteiger partial charge in [0, 0.05) is 25.4 Å². The monoisotopic (exact) mass is 352 g/mol. The molecular formula is C22H25FN2O. The molecule has 2 heterocycles. The van der Waals surface area contributed by atoms with Crippen molar-refractivity contribution in [2.75, 3.05) is 19.6 Å². The van der Waals surface area contributed by atoms with Crippen LogP contribution in [0, 0.1) is 11.2 Å². The molecule has 1 atom stereocenters. The second-order valence-electron chi connectivity index (χ2n) is 7.71. The van der Waals surface area contributed by atoms with E-state index < -0.39 is 0 Å². The molecule has 2 aromatic rings. The van der Waals surface area contributed by atoms with Crippen LogP contribution in [0.3, 0.4) is 0 Å². The normalized spacial score (nSPS) is 23.0. The molecule has 0 aromatic heterocycles. The average molecular weight is 352 g/mol. The standard InChI is InChI=1S/C22H25FN2O/c23-19-8-6-18(7-9-19)20-15-24-21(26)14-22(20)10-12-25(13-11-22)16-17-4-2-1-3-5-17/h1-9,20H,10-16H2,(H,24,26)/t20-/m0/s1. The molecule has 2 aliphatic rings. The van der Waals surface area contributed by atoms with Gasteiger partial charge in [-0.25, -0.2) is 4.39 Å². The molecule has 0 unspecified atom stereocenters. The van der Waals surface area contributed by atoms with Crippen molar-refractivity contribution in [2.45, 2.75) is 31.7 Å². The van der Waals surface area contributed by atoms with E-state index in [1.54, 1.807) is 0 Å². The zero-order valence-electron chi connectivity index (χ0n) is 15.0. The molecule has 1 amide bonds. The van der Waals surface area contributed by atoms with Gasteiger partial charge in [-0.05, 0) is 54.6 Å². The highest BCUT2D eigenvalue weighted by Crippen LogP contribution is 2.48. The highest BCUT2D eigenvalue weighted by Gasteiger charge is 2.46. The molecule has 136 valence electrons. The third kappa shape index (κ3) is 3.51. The summed E-state index contributed by atoms with van der Waals surface area (Å²) in [5, 5.41) is 3.02. The third-order valence-corrected chi connectivity index (χ3v) is 6.13. The summed E-state index contributed by atoms with van der Waals surface area (Å²) in [5.74, 6) is 0.208. The summed E-state index contributed by atoms with van der Waals surface area (Å²) >= 11 is 0. The minimum Gasteiger partial charge on any atom is -0.355 e. The Kier molecular flexibility index (Phi) is 4.77. The van der Waals surface area contributed by atoms with E-state index in [2.05, 4.69) is 34.5 Å². The summed E-state index contributed by atoms with van der Waals surface area (Å²) in [6, 6.07) is 17.4. The Morgan fingerprint density at radius 3 is 2.42 bits per heavy atom. The number of amides is 1. The van der Waals surface area contributed by atoms with Crippen molar-refractivity contribution < 1.29 is 9.18 Å². The van der Waals surface area contributed by atoms with Gasteiger partial charge in [-0.15, -0.1) is 0 Å². The van der Waals surface area contributed by atoms with Crippen LogP contribution in [-0.2, 0) is 11.3 Å². The average Bonchev–Trinajstić information content (AvgIpc) is 2.66. The van der Waals surface area contributed by atoms with Gasteiger partial charge in [0.1, 0.15) is 5.82 Å². The molecule has 2 aliphatic heterocycles. The molecule has 2 aromatic carbocycles. The van der Waals surface area contributed by atoms with Crippen molar-refractivity contribution in [1.29, 1.82) is 0 Å². The Bertz CT molecular complexity index is 751. The molecule has 26 heavy (non-hydrogen) atoms. The van der Waals surface area contributed by atoms with Crippen LogP contribution in [0.5, 0.6) is 0 Å². The maximum absolute atomic E-state index is 13.3. The number of hydrogen-bond donors (Lipinski definition) is 1. The van der Waals surface area contributed by atoms with E-state index in [0.717, 1.165) is 38.0 Å². The fourth-order valence-corrected chi connectivity index (χ4v) is 4.63. The quantitative estimate of drug-likeness (QED) is 0.913. The molecule has 1 spiro atoms. The lowest BCUT2D eigenvalue weighted by Gasteiger charge is -2.49. The molecule has 0 saturated carbocycles. The molecule has 4 heteroatoms. The first-order valence-corrected chi connectivity index (χ1v) is 9.43. The van der Waals surface area contributed by atoms with Crippen LogP contribution < -0.4 is 5.32 Å². The smallest absolute Gasteiger partial charge is 0.220 e. The first kappa shape index (κ1) is 17.2. The van der Waals surface area contributed by atoms with E-state index in [4.69, 9.17) is 0 Å². The molecule has 3 nitrogen and oxygen atoms in total. The van der Waals surface area contributed by atoms with Gasteiger partial charge in [0.2, 0.25) is 5.91 Å². The summed E-state index contributed by atoms with van der Waals surface area (Å²) in [6.45, 7) is 3.62. The molecule has 2 fully saturated rings. The van der Waals surface area contributed by atoms with Crippen molar-refractivity contribution in [1.82, 2.24) is 10.2 Å². The number of rotatable bonds is 3. The summed E-state index contributed by atoms with van der Waals surface area (Å²) in [5.41, 5.74) is 2.47. The van der Waals surface area contributed by atoms with E-state index in [-0.39, 0.29) is 23.1 Å². The lowest BCUT2D eigenvalue weighted by Crippen LogP contribution is -2.51. The number of halogens is 1. The van der Waals surface area contributed by atoms with Gasteiger partial charge in [-0.2, -0.15) is 0 Å². The van der Waals surface area contributed by atoms with Crippen LogP contribution in [0.2, 0.25) is 0 Å². The van der Waals surface area contributed by atoms with Gasteiger partial charge in [-0.1, -0.05) is 42.5 Å². The lowest BCUT2D eigenvalue weighted by molar-refractivity contribution is -0.128. The van der Waals surface area contributed by atoms with Gasteiger partial charge >= 0.3 is 0 Å². The van der Waals surface area contributed by atoms with Gasteiger partial charge < -0.3 is 5.32 Å². The third-order valence-electron chi connectivity index (χ3n) is 6.13. The van der Waals surface area contributed by atoms with Crippen LogP contribution >= 0.6 is 0 Å². The number of carbonyl (C=O) groups is 1. The maximum atomic E-state index is 13.3. The molecular weight excluding hydrogens is 327 g/mol. The van der Waals surface area contributed by atoms with Crippen LogP contribution in [0.15, 0.2) is 54.6 Å². The molecule has 0 radical (unpaired) electrons. The van der Waals surface area contributed by atoms with Crippen LogP contribution in [0.1, 0.15) is 36.3 Å². The molecule has 0 aliphatic carbocycles. The molecule has 1 N–H and O–H groups in total. The topological polar surface area (TPSA) is 32.3 Å². The number of carbonyl (C=O) groups excluding carboxylic acids is 1. The van der Waals surface area contributed by atoms with Crippen molar-refractivity contribution in [2.24, 2.45) is 5.41 Å². The minimum absolute atomic E-state index is 0.00660. The second-order valence-corrected chi connectivity index (χ2v) is 7.71. The summed E-state index contributed by atoms with van der Waals surface area (Å²) in [7, 11) is 0. The van der Waals surface area contributed by atoms with Crippen LogP contribution in [0.4, 0.5) is 4.39 Å². The predicted molar refractivity (Wildman–Crippen MR) is 100 cm³/mol. The lowest BCUT2D eigenvalue weighted by atomic mass is 9.62. The van der Waals surface area contributed by atoms with Gasteiger partial charge in [0.05, 0.1) is 0 Å². The number of piperidine rings is 2. The van der Waals surface area contributed by atoms with Crippen molar-refractivity contribution in [3.05, 3.63) is 71.5 Å². The Morgan fingerprint density at radius 2 is 1.73 bits per heavy atom. The Hall–Kier alpha value is -2.20. The first-order valence-electron chi connectivity index (χ1n) is 9.43. The maximum Gasteiger partial charge on any atom is 0.220 e. The predicted octanol–water partition coefficient (Wildman–Crippen LogP) is 3.71. The van der Waals surface area contributed by atoms with Gasteiger partial charge in [-0.3, -0.25) is 9.69 Å². The zero-order chi connectivity index (χ0) is 18.0. The minimum atomic E-state index is -0.208. The number of hydrogen-bond acceptors (Lipinski definition) is 2. The number of nitrogens with zero attached hydrogens (tertiary/aromatic N) is 1.